The SMILES string of the molecule is CC1CCC(C(C)C)C(=O)C1=Cc1cnc(-c2ccccc2)nc1. The molecule has 1 aromatic carbocycles. The molecule has 3 rings (SSSR count). The first kappa shape index (κ1) is 16.6. The summed E-state index contributed by atoms with van der Waals surface area (Å²) in [7, 11) is 0. The van der Waals surface area contributed by atoms with Crippen LogP contribution >= 0.6 is 0 Å². The maximum atomic E-state index is 12.8. The van der Waals surface area contributed by atoms with E-state index in [1.54, 1.807) is 12.4 Å². The van der Waals surface area contributed by atoms with E-state index in [2.05, 4.69) is 30.7 Å². The molecule has 1 heterocycles. The number of benzene rings is 1. The van der Waals surface area contributed by atoms with E-state index < -0.39 is 0 Å². The van der Waals surface area contributed by atoms with E-state index in [4.69, 9.17) is 0 Å². The Labute approximate surface area is 143 Å². The lowest BCUT2D eigenvalue weighted by atomic mass is 9.73. The maximum Gasteiger partial charge on any atom is 0.162 e. The first-order valence-electron chi connectivity index (χ1n) is 8.69. The van der Waals surface area contributed by atoms with Gasteiger partial charge >= 0.3 is 0 Å². The van der Waals surface area contributed by atoms with Crippen LogP contribution in [-0.2, 0) is 4.79 Å². The van der Waals surface area contributed by atoms with Crippen molar-refractivity contribution >= 4 is 11.9 Å². The van der Waals surface area contributed by atoms with Crippen LogP contribution in [0.4, 0.5) is 0 Å². The molecule has 0 aliphatic heterocycles. The number of rotatable bonds is 3. The zero-order valence-electron chi connectivity index (χ0n) is 14.6. The fourth-order valence-corrected chi connectivity index (χ4v) is 3.35. The van der Waals surface area contributed by atoms with Gasteiger partial charge in [-0.2, -0.15) is 0 Å². The van der Waals surface area contributed by atoms with Crippen LogP contribution in [-0.4, -0.2) is 15.8 Å². The fraction of sp³-hybridized carbons (Fsp3) is 0.381. The first-order valence-corrected chi connectivity index (χ1v) is 8.69. The van der Waals surface area contributed by atoms with Crippen LogP contribution in [0.5, 0.6) is 0 Å². The number of hydrogen-bond acceptors (Lipinski definition) is 3. The minimum atomic E-state index is 0.150. The van der Waals surface area contributed by atoms with Crippen LogP contribution in [0.25, 0.3) is 17.5 Å². The van der Waals surface area contributed by atoms with Crippen LogP contribution in [0, 0.1) is 17.8 Å². The highest BCUT2D eigenvalue weighted by Crippen LogP contribution is 2.35. The van der Waals surface area contributed by atoms with E-state index in [0.29, 0.717) is 23.4 Å². The van der Waals surface area contributed by atoms with Crippen molar-refractivity contribution in [3.63, 3.8) is 0 Å². The summed E-state index contributed by atoms with van der Waals surface area (Å²) in [5.41, 5.74) is 2.82. The quantitative estimate of drug-likeness (QED) is 0.763. The van der Waals surface area contributed by atoms with E-state index in [9.17, 15) is 4.79 Å². The number of aromatic nitrogens is 2. The number of ketones is 1. The first-order chi connectivity index (χ1) is 11.6. The van der Waals surface area contributed by atoms with Crippen LogP contribution in [0.2, 0.25) is 0 Å². The number of carbonyl (C=O) groups is 1. The van der Waals surface area contributed by atoms with Gasteiger partial charge in [-0.15, -0.1) is 0 Å². The number of nitrogens with zero attached hydrogens (tertiary/aromatic N) is 2. The lowest BCUT2D eigenvalue weighted by Crippen LogP contribution is -2.30. The van der Waals surface area contributed by atoms with Crippen LogP contribution in [0.15, 0.2) is 48.3 Å². The third kappa shape index (κ3) is 3.45. The summed E-state index contributed by atoms with van der Waals surface area (Å²) in [5, 5.41) is 0. The summed E-state index contributed by atoms with van der Waals surface area (Å²) < 4.78 is 0. The van der Waals surface area contributed by atoms with Crippen molar-refractivity contribution in [1.82, 2.24) is 9.97 Å². The molecule has 1 fully saturated rings. The van der Waals surface area contributed by atoms with Crippen molar-refractivity contribution in [2.75, 3.05) is 0 Å². The Balaban J connectivity index is 1.86. The lowest BCUT2D eigenvalue weighted by Gasteiger charge is -2.30. The van der Waals surface area contributed by atoms with E-state index in [1.807, 2.05) is 36.4 Å². The van der Waals surface area contributed by atoms with Gasteiger partial charge in [0.15, 0.2) is 11.6 Å². The monoisotopic (exact) mass is 320 g/mol. The predicted octanol–water partition coefficient (Wildman–Crippen LogP) is 4.80. The minimum absolute atomic E-state index is 0.150. The van der Waals surface area contributed by atoms with E-state index in [-0.39, 0.29) is 5.92 Å². The molecule has 2 atom stereocenters. The standard InChI is InChI=1S/C21H24N2O/c1-14(2)18-10-9-15(3)19(20(18)24)11-16-12-22-21(23-13-16)17-7-5-4-6-8-17/h4-8,11-15,18H,9-10H2,1-3H3. The predicted molar refractivity (Wildman–Crippen MR) is 97.2 cm³/mol. The molecule has 3 heteroatoms. The topological polar surface area (TPSA) is 42.9 Å². The highest BCUT2D eigenvalue weighted by Gasteiger charge is 2.32. The van der Waals surface area contributed by atoms with Gasteiger partial charge in [-0.25, -0.2) is 9.97 Å². The van der Waals surface area contributed by atoms with Crippen LogP contribution < -0.4 is 0 Å². The zero-order chi connectivity index (χ0) is 17.1. The molecule has 0 spiro atoms. The van der Waals surface area contributed by atoms with Crippen LogP contribution in [0.1, 0.15) is 39.2 Å². The van der Waals surface area contributed by atoms with Crippen molar-refractivity contribution in [3.05, 3.63) is 53.9 Å². The molecule has 1 aliphatic carbocycles. The van der Waals surface area contributed by atoms with Gasteiger partial charge in [-0.3, -0.25) is 4.79 Å². The van der Waals surface area contributed by atoms with Gasteiger partial charge in [0.1, 0.15) is 0 Å². The molecule has 0 saturated heterocycles. The molecule has 1 aromatic heterocycles. The highest BCUT2D eigenvalue weighted by molar-refractivity contribution is 6.02. The van der Waals surface area contributed by atoms with Crippen molar-refractivity contribution in [3.8, 4) is 11.4 Å². The van der Waals surface area contributed by atoms with Gasteiger partial charge in [0.2, 0.25) is 0 Å². The number of carbonyl (C=O) groups excluding carboxylic acids is 1. The minimum Gasteiger partial charge on any atom is -0.294 e. The molecule has 0 bridgehead atoms. The van der Waals surface area contributed by atoms with E-state index in [1.165, 1.54) is 0 Å². The van der Waals surface area contributed by atoms with Crippen molar-refractivity contribution in [1.29, 1.82) is 0 Å². The highest BCUT2D eigenvalue weighted by atomic mass is 16.1. The van der Waals surface area contributed by atoms with Gasteiger partial charge in [0.05, 0.1) is 0 Å². The third-order valence-electron chi connectivity index (χ3n) is 4.89. The van der Waals surface area contributed by atoms with Gasteiger partial charge in [0, 0.05) is 29.4 Å². The average molecular weight is 320 g/mol. The summed E-state index contributed by atoms with van der Waals surface area (Å²) in [6.07, 6.45) is 7.67. The Hall–Kier alpha value is -2.29. The lowest BCUT2D eigenvalue weighted by molar-refractivity contribution is -0.122. The van der Waals surface area contributed by atoms with Crippen LogP contribution in [0.3, 0.4) is 0 Å². The Morgan fingerprint density at radius 1 is 1.08 bits per heavy atom. The fourth-order valence-electron chi connectivity index (χ4n) is 3.35. The molecule has 3 nitrogen and oxygen atoms in total. The normalized spacial score (nSPS) is 23.0. The second-order valence-corrected chi connectivity index (χ2v) is 7.00. The number of Topliss-reactive ketones (excluding diaryl/α,β-unsaturated/α-hetero) is 1. The molecular formula is C21H24N2O. The summed E-state index contributed by atoms with van der Waals surface area (Å²) >= 11 is 0. The Morgan fingerprint density at radius 3 is 2.38 bits per heavy atom. The summed E-state index contributed by atoms with van der Waals surface area (Å²) in [6, 6.07) is 9.91. The van der Waals surface area contributed by atoms with Gasteiger partial charge in [-0.05, 0) is 36.3 Å². The van der Waals surface area contributed by atoms with Crippen molar-refractivity contribution < 1.29 is 4.79 Å². The molecule has 1 aliphatic rings. The summed E-state index contributed by atoms with van der Waals surface area (Å²) in [6.45, 7) is 6.40. The Kier molecular flexibility index (Phi) is 4.89. The number of hydrogen-bond donors (Lipinski definition) is 0. The molecular weight excluding hydrogens is 296 g/mol. The summed E-state index contributed by atoms with van der Waals surface area (Å²) in [4.78, 5) is 21.7. The van der Waals surface area contributed by atoms with E-state index in [0.717, 1.165) is 29.5 Å². The molecule has 0 amide bonds. The molecule has 2 unspecified atom stereocenters. The maximum absolute atomic E-state index is 12.8. The number of allylic oxidation sites excluding steroid dienone is 1. The van der Waals surface area contributed by atoms with Gasteiger partial charge < -0.3 is 0 Å². The second kappa shape index (κ2) is 7.08. The molecule has 0 N–H and O–H groups in total. The largest absolute Gasteiger partial charge is 0.294 e. The third-order valence-corrected chi connectivity index (χ3v) is 4.89. The van der Waals surface area contributed by atoms with Crippen molar-refractivity contribution in [2.24, 2.45) is 17.8 Å². The second-order valence-electron chi connectivity index (χ2n) is 7.00. The van der Waals surface area contributed by atoms with E-state index >= 15 is 0 Å². The Bertz CT molecular complexity index is 732. The molecule has 2 aromatic rings. The van der Waals surface area contributed by atoms with Gasteiger partial charge in [-0.1, -0.05) is 51.1 Å². The smallest absolute Gasteiger partial charge is 0.162 e. The molecule has 1 saturated carbocycles. The average Bonchev–Trinajstić information content (AvgIpc) is 2.59. The summed E-state index contributed by atoms with van der Waals surface area (Å²) in [5.74, 6) is 1.86. The van der Waals surface area contributed by atoms with Crippen molar-refractivity contribution in [2.45, 2.75) is 33.6 Å². The molecule has 124 valence electrons. The van der Waals surface area contributed by atoms with Gasteiger partial charge in [0.25, 0.3) is 0 Å². The zero-order valence-corrected chi connectivity index (χ0v) is 14.6. The Morgan fingerprint density at radius 2 is 1.75 bits per heavy atom. The molecule has 0 radical (unpaired) electrons. The molecule has 24 heavy (non-hydrogen) atoms.